The molecule has 1 aromatic rings. The molecular formula is C31H34O19. The van der Waals surface area contributed by atoms with Crippen LogP contribution in [-0.4, -0.2) is 150 Å². The molecule has 5 aliphatic rings. The lowest BCUT2D eigenvalue weighted by Crippen LogP contribution is -2.60. The van der Waals surface area contributed by atoms with Crippen LogP contribution in [0.5, 0.6) is 11.5 Å². The molecule has 50 heavy (non-hydrogen) atoms. The number of carbonyl (C=O) groups excluding carboxylic acids is 2. The van der Waals surface area contributed by atoms with E-state index in [-0.39, 0.29) is 28.4 Å². The Morgan fingerprint density at radius 2 is 1.32 bits per heavy atom. The average Bonchev–Trinajstić information content (AvgIpc) is 3.08. The standard InChI is InChI=1S/C31H34O19/c32-11-4-16-12-6-18(28(46-16)10-1-2-13(33)14(34)3-10)48-31-27(42)24(39)22(37)19(49-31)8-44-21(36)7-15(35)29(43)45-9-20-23(38)25(40)26(41)30(50-20)47-17(12)5-11/h1-6,15,17,19-20,22-27,30-35,37-42H,7-9H2. The summed E-state index contributed by atoms with van der Waals surface area (Å²) in [7, 11) is 0. The molecule has 2 saturated heterocycles. The molecule has 12 unspecified atom stereocenters. The van der Waals surface area contributed by atoms with E-state index >= 15 is 0 Å². The summed E-state index contributed by atoms with van der Waals surface area (Å²) >= 11 is 0. The highest BCUT2D eigenvalue weighted by Crippen LogP contribution is 2.41. The number of fused-ring (bicyclic) bond motifs is 5. The van der Waals surface area contributed by atoms with Crippen molar-refractivity contribution in [3.63, 3.8) is 0 Å². The van der Waals surface area contributed by atoms with Crippen LogP contribution in [0.3, 0.4) is 0 Å². The molecule has 0 amide bonds. The summed E-state index contributed by atoms with van der Waals surface area (Å²) in [5.74, 6) is -4.49. The second-order valence-corrected chi connectivity index (χ2v) is 11.9. The first-order valence-corrected chi connectivity index (χ1v) is 15.2. The van der Waals surface area contributed by atoms with E-state index in [2.05, 4.69) is 0 Å². The molecule has 1 aromatic carbocycles. The number of rotatable bonds is 1. The minimum absolute atomic E-state index is 0.0674. The maximum absolute atomic E-state index is 12.4. The molecule has 0 radical (unpaired) electrons. The van der Waals surface area contributed by atoms with Crippen molar-refractivity contribution in [3.05, 3.63) is 64.8 Å². The third-order valence-electron chi connectivity index (χ3n) is 8.44. The summed E-state index contributed by atoms with van der Waals surface area (Å²) in [5.41, 5.74) is 0.153. The zero-order chi connectivity index (χ0) is 36.0. The van der Waals surface area contributed by atoms with Gasteiger partial charge in [-0.1, -0.05) is 0 Å². The Hall–Kier alpha value is -4.28. The van der Waals surface area contributed by atoms with Gasteiger partial charge in [-0.25, -0.2) is 4.79 Å². The third-order valence-corrected chi connectivity index (χ3v) is 8.44. The van der Waals surface area contributed by atoms with Crippen LogP contribution in [0.2, 0.25) is 0 Å². The van der Waals surface area contributed by atoms with Gasteiger partial charge in [-0.3, -0.25) is 4.79 Å². The summed E-state index contributed by atoms with van der Waals surface area (Å²) < 4.78 is 39.2. The Labute approximate surface area is 281 Å². The monoisotopic (exact) mass is 710 g/mol. The van der Waals surface area contributed by atoms with Crippen molar-refractivity contribution in [2.75, 3.05) is 13.2 Å². The Balaban J connectivity index is 1.42. The number of esters is 2. The number of phenolic OH excluding ortho intramolecular Hbond substituents is 2. The van der Waals surface area contributed by atoms with Gasteiger partial charge in [-0.05, 0) is 30.4 Å². The first-order chi connectivity index (χ1) is 23.7. The normalized spacial score (nSPS) is 38.3. The van der Waals surface area contributed by atoms with E-state index in [0.717, 1.165) is 18.2 Å². The molecule has 272 valence electrons. The number of benzene rings is 1. The van der Waals surface area contributed by atoms with Gasteiger partial charge in [0, 0.05) is 17.2 Å². The summed E-state index contributed by atoms with van der Waals surface area (Å²) in [6, 6.07) is 3.56. The predicted octanol–water partition coefficient (Wildman–Crippen LogP) is -3.07. The maximum Gasteiger partial charge on any atom is 0.335 e. The van der Waals surface area contributed by atoms with Gasteiger partial charge in [0.25, 0.3) is 0 Å². The smallest absolute Gasteiger partial charge is 0.335 e. The fourth-order valence-electron chi connectivity index (χ4n) is 5.65. The lowest BCUT2D eigenvalue weighted by Gasteiger charge is -2.42. The number of aliphatic hydroxyl groups is 8. The summed E-state index contributed by atoms with van der Waals surface area (Å²) in [5, 5.41) is 105. The van der Waals surface area contributed by atoms with Crippen molar-refractivity contribution < 1.29 is 93.8 Å². The number of hydrogen-bond acceptors (Lipinski definition) is 19. The Bertz CT molecular complexity index is 1620. The molecule has 6 bridgehead atoms. The zero-order valence-corrected chi connectivity index (χ0v) is 25.7. The van der Waals surface area contributed by atoms with Crippen LogP contribution in [-0.2, 0) is 42.7 Å². The summed E-state index contributed by atoms with van der Waals surface area (Å²) in [6.07, 6.45) is -18.7. The molecule has 19 heteroatoms. The molecule has 0 aromatic heterocycles. The molecule has 2 fully saturated rings. The van der Waals surface area contributed by atoms with Gasteiger partial charge < -0.3 is 84.2 Å². The van der Waals surface area contributed by atoms with Crippen molar-refractivity contribution >= 4 is 17.7 Å². The maximum atomic E-state index is 12.4. The van der Waals surface area contributed by atoms with E-state index in [9.17, 15) is 60.7 Å². The zero-order valence-electron chi connectivity index (χ0n) is 25.7. The van der Waals surface area contributed by atoms with E-state index in [0.29, 0.717) is 0 Å². The predicted molar refractivity (Wildman–Crippen MR) is 157 cm³/mol. The number of ether oxygens (including phenoxy) is 7. The molecule has 10 N–H and O–H groups in total. The third kappa shape index (κ3) is 7.01. The van der Waals surface area contributed by atoms with Gasteiger partial charge in [0.05, 0.1) is 6.42 Å². The number of cyclic esters (lactones) is 2. The average molecular weight is 711 g/mol. The van der Waals surface area contributed by atoms with Crippen molar-refractivity contribution in [1.29, 1.82) is 0 Å². The van der Waals surface area contributed by atoms with Crippen LogP contribution in [0.4, 0.5) is 0 Å². The number of aromatic hydroxyl groups is 2. The molecular weight excluding hydrogens is 676 g/mol. The first-order valence-electron chi connectivity index (χ1n) is 15.2. The topological polar surface area (TPSA) is 301 Å². The van der Waals surface area contributed by atoms with Gasteiger partial charge in [0.1, 0.15) is 79.7 Å². The van der Waals surface area contributed by atoms with E-state index in [1.54, 1.807) is 0 Å². The lowest BCUT2D eigenvalue weighted by molar-refractivity contribution is -0.306. The molecule has 0 saturated carbocycles. The van der Waals surface area contributed by atoms with Crippen molar-refractivity contribution in [3.8, 4) is 11.5 Å². The van der Waals surface area contributed by atoms with Gasteiger partial charge in [0.15, 0.2) is 35.4 Å². The molecule has 6 rings (SSSR count). The van der Waals surface area contributed by atoms with Crippen molar-refractivity contribution in [2.24, 2.45) is 0 Å². The Morgan fingerprint density at radius 1 is 0.680 bits per heavy atom. The van der Waals surface area contributed by atoms with E-state index in [1.165, 1.54) is 18.2 Å². The minimum atomic E-state index is -2.08. The Kier molecular flexibility index (Phi) is 10.1. The highest BCUT2D eigenvalue weighted by Gasteiger charge is 2.48. The molecule has 1 aliphatic carbocycles. The second kappa shape index (κ2) is 14.2. The summed E-state index contributed by atoms with van der Waals surface area (Å²) in [6.45, 7) is -1.54. The van der Waals surface area contributed by atoms with E-state index < -0.39 is 122 Å². The van der Waals surface area contributed by atoms with Gasteiger partial charge >= 0.3 is 11.9 Å². The Morgan fingerprint density at radius 3 is 2.00 bits per heavy atom. The quantitative estimate of drug-likeness (QED) is 0.102. The van der Waals surface area contributed by atoms with Crippen LogP contribution in [0.25, 0.3) is 5.76 Å². The van der Waals surface area contributed by atoms with Crippen LogP contribution >= 0.6 is 0 Å². The highest BCUT2D eigenvalue weighted by molar-refractivity contribution is 5.81. The van der Waals surface area contributed by atoms with Gasteiger partial charge in [-0.2, -0.15) is 0 Å². The number of aliphatic hydroxyl groups excluding tert-OH is 8. The number of carbonyl (C=O) groups is 2. The summed E-state index contributed by atoms with van der Waals surface area (Å²) in [4.78, 5) is 24.9. The van der Waals surface area contributed by atoms with E-state index in [4.69, 9.17) is 33.2 Å². The molecule has 0 spiro atoms. The van der Waals surface area contributed by atoms with E-state index in [1.807, 2.05) is 0 Å². The molecule has 4 heterocycles. The van der Waals surface area contributed by atoms with Gasteiger partial charge in [0.2, 0.25) is 6.29 Å². The number of allylic oxidation sites excluding steroid dienone is 2. The SMILES string of the molecule is O=C1CC(O)C(=O)OCC2OC(OC3C=C(O)C=C4OC(c5ccc(O)c(O)c5)=C(C=C43)OC3OC(CO1)C(O)C(O)C3O)C(O)C(O)C2O. The lowest BCUT2D eigenvalue weighted by atomic mass is 9.96. The van der Waals surface area contributed by atoms with Crippen molar-refractivity contribution in [1.82, 2.24) is 0 Å². The van der Waals surface area contributed by atoms with Crippen LogP contribution < -0.4 is 0 Å². The number of hydrogen-bond donors (Lipinski definition) is 10. The molecule has 12 atom stereocenters. The largest absolute Gasteiger partial charge is 0.508 e. The van der Waals surface area contributed by atoms with Crippen LogP contribution in [0, 0.1) is 0 Å². The second-order valence-electron chi connectivity index (χ2n) is 11.9. The molecule has 19 nitrogen and oxygen atoms in total. The minimum Gasteiger partial charge on any atom is -0.508 e. The van der Waals surface area contributed by atoms with Crippen LogP contribution in [0.1, 0.15) is 12.0 Å². The van der Waals surface area contributed by atoms with Gasteiger partial charge in [-0.15, -0.1) is 0 Å². The highest BCUT2D eigenvalue weighted by atomic mass is 16.7. The fraction of sp³-hybridized carbons (Fsp3) is 0.484. The van der Waals surface area contributed by atoms with Crippen LogP contribution in [0.15, 0.2) is 59.3 Å². The fourth-order valence-corrected chi connectivity index (χ4v) is 5.65. The van der Waals surface area contributed by atoms with Crippen molar-refractivity contribution in [2.45, 2.75) is 80.0 Å². The first kappa shape index (κ1) is 35.5. The molecule has 4 aliphatic heterocycles. The number of phenols is 2.